The van der Waals surface area contributed by atoms with E-state index in [-0.39, 0.29) is 46.1 Å². The highest BCUT2D eigenvalue weighted by atomic mass is 19.1. The molecule has 0 bridgehead atoms. The topological polar surface area (TPSA) is 104 Å². The van der Waals surface area contributed by atoms with Gasteiger partial charge in [-0.1, -0.05) is 12.1 Å². The van der Waals surface area contributed by atoms with Gasteiger partial charge in [-0.15, -0.1) is 0 Å². The highest BCUT2D eigenvalue weighted by Crippen LogP contribution is 2.32. The number of likely N-dealkylation sites (tertiary alicyclic amines) is 1. The number of amides is 1. The van der Waals surface area contributed by atoms with Crippen LogP contribution in [0, 0.1) is 11.7 Å². The number of rotatable bonds is 7. The lowest BCUT2D eigenvalue weighted by atomic mass is 9.90. The van der Waals surface area contributed by atoms with Gasteiger partial charge in [-0.05, 0) is 55.9 Å². The van der Waals surface area contributed by atoms with E-state index < -0.39 is 17.8 Å². The van der Waals surface area contributed by atoms with Gasteiger partial charge in [0.1, 0.15) is 11.6 Å². The smallest absolute Gasteiger partial charge is 0.418 e. The first-order valence-corrected chi connectivity index (χ1v) is 12.3. The molecule has 0 radical (unpaired) electrons. The number of methoxy groups -OCH3 is 2. The molecule has 4 rings (SSSR count). The van der Waals surface area contributed by atoms with E-state index in [9.17, 15) is 23.6 Å². The van der Waals surface area contributed by atoms with Crippen LogP contribution in [0.15, 0.2) is 42.6 Å². The largest absolute Gasteiger partial charge is 0.496 e. The minimum absolute atomic E-state index is 0.0883. The molecular weight excluding hydrogens is 495 g/mol. The van der Waals surface area contributed by atoms with Crippen molar-refractivity contribution < 1.29 is 37.8 Å². The fourth-order valence-electron chi connectivity index (χ4n) is 4.78. The summed E-state index contributed by atoms with van der Waals surface area (Å²) in [7, 11) is 2.49. The summed E-state index contributed by atoms with van der Waals surface area (Å²) in [5, 5.41) is 0.226. The van der Waals surface area contributed by atoms with Gasteiger partial charge >= 0.3 is 12.1 Å². The number of fused-ring (bicyclic) bond motifs is 1. The highest BCUT2D eigenvalue weighted by Gasteiger charge is 2.30. The van der Waals surface area contributed by atoms with Crippen molar-refractivity contribution in [3.8, 4) is 5.75 Å². The van der Waals surface area contributed by atoms with Crippen LogP contribution in [0.25, 0.3) is 10.9 Å². The van der Waals surface area contributed by atoms with Crippen LogP contribution in [0.1, 0.15) is 46.0 Å². The van der Waals surface area contributed by atoms with Gasteiger partial charge in [0, 0.05) is 30.7 Å². The first-order chi connectivity index (χ1) is 18.3. The normalized spacial score (nSPS) is 13.8. The zero-order valence-corrected chi connectivity index (χ0v) is 21.5. The van der Waals surface area contributed by atoms with E-state index in [4.69, 9.17) is 9.47 Å². The third kappa shape index (κ3) is 5.39. The lowest BCUT2D eigenvalue weighted by Crippen LogP contribution is -2.39. The van der Waals surface area contributed by atoms with E-state index in [1.807, 2.05) is 0 Å². The van der Waals surface area contributed by atoms with Crippen LogP contribution in [0.3, 0.4) is 0 Å². The number of piperidine rings is 1. The van der Waals surface area contributed by atoms with Gasteiger partial charge in [0.15, 0.2) is 0 Å². The summed E-state index contributed by atoms with van der Waals surface area (Å²) < 4.78 is 29.5. The number of carbonyl (C=O) groups excluding carboxylic acids is 4. The molecule has 200 valence electrons. The summed E-state index contributed by atoms with van der Waals surface area (Å²) in [4.78, 5) is 52.6. The molecule has 1 aliphatic rings. The van der Waals surface area contributed by atoms with Crippen molar-refractivity contribution in [2.75, 3.05) is 33.9 Å². The van der Waals surface area contributed by atoms with Crippen molar-refractivity contribution in [2.24, 2.45) is 5.92 Å². The lowest BCUT2D eigenvalue weighted by Gasteiger charge is -2.32. The van der Waals surface area contributed by atoms with Crippen molar-refractivity contribution in [1.29, 1.82) is 0 Å². The molecule has 1 saturated heterocycles. The second kappa shape index (κ2) is 11.5. The Hall–Kier alpha value is -4.21. The molecule has 2 aromatic carbocycles. The fraction of sp³-hybridized carbons (Fsp3) is 0.357. The van der Waals surface area contributed by atoms with Crippen LogP contribution in [0.2, 0.25) is 0 Å². The SMILES string of the molecule is CCOC(=O)n1cc(C(=O)C(=O)OC)c2cc(C(=O)N3CCC(Cc4ccc(F)cc4)CC3)c(OC)cc21. The van der Waals surface area contributed by atoms with Gasteiger partial charge in [-0.3, -0.25) is 14.2 Å². The Balaban J connectivity index is 1.62. The highest BCUT2D eigenvalue weighted by molar-refractivity contribution is 6.43. The fourth-order valence-corrected chi connectivity index (χ4v) is 4.78. The van der Waals surface area contributed by atoms with E-state index in [0.29, 0.717) is 19.0 Å². The minimum Gasteiger partial charge on any atom is -0.496 e. The molecule has 1 aromatic heterocycles. The molecule has 38 heavy (non-hydrogen) atoms. The molecule has 0 spiro atoms. The number of Topliss-reactive ketones (excluding diaryl/α,β-unsaturated/α-hetero) is 1. The van der Waals surface area contributed by atoms with Gasteiger partial charge in [-0.25, -0.2) is 14.0 Å². The molecule has 0 atom stereocenters. The number of halogens is 1. The number of hydrogen-bond donors (Lipinski definition) is 0. The Morgan fingerprint density at radius 2 is 1.68 bits per heavy atom. The van der Waals surface area contributed by atoms with E-state index in [2.05, 4.69) is 4.74 Å². The first-order valence-electron chi connectivity index (χ1n) is 12.3. The molecule has 10 heteroatoms. The molecule has 1 aliphatic heterocycles. The Labute approximate surface area is 219 Å². The first kappa shape index (κ1) is 26.8. The summed E-state index contributed by atoms with van der Waals surface area (Å²) in [5.74, 6) is -2.03. The predicted octanol–water partition coefficient (Wildman–Crippen LogP) is 4.24. The molecule has 0 aliphatic carbocycles. The second-order valence-electron chi connectivity index (χ2n) is 9.07. The maximum Gasteiger partial charge on any atom is 0.418 e. The van der Waals surface area contributed by atoms with Crippen molar-refractivity contribution in [3.05, 3.63) is 65.1 Å². The van der Waals surface area contributed by atoms with Crippen molar-refractivity contribution >= 4 is 34.7 Å². The Morgan fingerprint density at radius 1 is 1.00 bits per heavy atom. The number of aromatic nitrogens is 1. The minimum atomic E-state index is -1.10. The quantitative estimate of drug-likeness (QED) is 0.259. The zero-order valence-electron chi connectivity index (χ0n) is 21.5. The number of ketones is 1. The monoisotopic (exact) mass is 524 g/mol. The lowest BCUT2D eigenvalue weighted by molar-refractivity contribution is -0.135. The molecule has 2 heterocycles. The molecule has 9 nitrogen and oxygen atoms in total. The van der Waals surface area contributed by atoms with Crippen LogP contribution < -0.4 is 4.74 Å². The van der Waals surface area contributed by atoms with Crippen molar-refractivity contribution in [3.63, 3.8) is 0 Å². The van der Waals surface area contributed by atoms with Crippen molar-refractivity contribution in [2.45, 2.75) is 26.2 Å². The Bertz CT molecular complexity index is 1370. The number of hydrogen-bond acceptors (Lipinski definition) is 7. The molecule has 1 amide bonds. The van der Waals surface area contributed by atoms with E-state index in [1.54, 1.807) is 24.0 Å². The summed E-state index contributed by atoms with van der Waals surface area (Å²) >= 11 is 0. The van der Waals surface area contributed by atoms with Crippen LogP contribution in [-0.2, 0) is 20.7 Å². The van der Waals surface area contributed by atoms with Crippen LogP contribution in [-0.4, -0.2) is 67.1 Å². The number of carbonyl (C=O) groups is 4. The number of esters is 1. The second-order valence-corrected chi connectivity index (χ2v) is 9.07. The van der Waals surface area contributed by atoms with Gasteiger partial charge < -0.3 is 19.1 Å². The van der Waals surface area contributed by atoms with Gasteiger partial charge in [0.05, 0.1) is 37.5 Å². The van der Waals surface area contributed by atoms with Crippen molar-refractivity contribution in [1.82, 2.24) is 9.47 Å². The number of benzene rings is 2. The molecule has 0 N–H and O–H groups in total. The summed E-state index contributed by atoms with van der Waals surface area (Å²) in [6.45, 7) is 2.78. The predicted molar refractivity (Wildman–Crippen MR) is 136 cm³/mol. The average Bonchev–Trinajstić information content (AvgIpc) is 3.31. The molecule has 0 unspecified atom stereocenters. The summed E-state index contributed by atoms with van der Waals surface area (Å²) in [6.07, 6.45) is 2.82. The van der Waals surface area contributed by atoms with Gasteiger partial charge in [0.2, 0.25) is 0 Å². The van der Waals surface area contributed by atoms with E-state index in [1.165, 1.54) is 37.6 Å². The maximum absolute atomic E-state index is 13.6. The van der Waals surface area contributed by atoms with Gasteiger partial charge in [-0.2, -0.15) is 0 Å². The van der Waals surface area contributed by atoms with E-state index >= 15 is 0 Å². The van der Waals surface area contributed by atoms with Crippen LogP contribution in [0.5, 0.6) is 5.75 Å². The number of nitrogens with zero attached hydrogens (tertiary/aromatic N) is 2. The standard InChI is InChI=1S/C28H29FN2O7/c1-4-38-28(35)31-16-22(25(32)27(34)37-3)20-14-21(24(36-2)15-23(20)31)26(33)30-11-9-18(10-12-30)13-17-5-7-19(29)8-6-17/h5-8,14-16,18H,4,9-13H2,1-3H3. The molecule has 1 fully saturated rings. The molecular formula is C28H29FN2O7. The summed E-state index contributed by atoms with van der Waals surface area (Å²) in [6, 6.07) is 9.41. The maximum atomic E-state index is 13.6. The molecule has 3 aromatic rings. The van der Waals surface area contributed by atoms with Crippen LogP contribution in [0.4, 0.5) is 9.18 Å². The molecule has 0 saturated carbocycles. The zero-order chi connectivity index (χ0) is 27.4. The van der Waals surface area contributed by atoms with Crippen LogP contribution >= 0.6 is 0 Å². The Kier molecular flexibility index (Phi) is 8.09. The Morgan fingerprint density at radius 3 is 2.29 bits per heavy atom. The average molecular weight is 525 g/mol. The third-order valence-corrected chi connectivity index (χ3v) is 6.78. The van der Waals surface area contributed by atoms with Gasteiger partial charge in [0.25, 0.3) is 11.7 Å². The number of ether oxygens (including phenoxy) is 3. The summed E-state index contributed by atoms with van der Waals surface area (Å²) in [5.41, 5.74) is 1.42. The van der Waals surface area contributed by atoms with E-state index in [0.717, 1.165) is 36.5 Å². The third-order valence-electron chi connectivity index (χ3n) is 6.78.